The highest BCUT2D eigenvalue weighted by molar-refractivity contribution is 7.99. The smallest absolute Gasteiger partial charge is 0.262 e. The molecule has 0 aliphatic heterocycles. The summed E-state index contributed by atoms with van der Waals surface area (Å²) in [5, 5.41) is 3.37. The van der Waals surface area contributed by atoms with E-state index in [1.165, 1.54) is 11.3 Å². The molecule has 0 atom stereocenters. The summed E-state index contributed by atoms with van der Waals surface area (Å²) in [6.07, 6.45) is 0.901. The van der Waals surface area contributed by atoms with Crippen molar-refractivity contribution in [1.82, 2.24) is 9.55 Å². The Hall–Kier alpha value is -1.79. The van der Waals surface area contributed by atoms with Gasteiger partial charge < -0.3 is 4.74 Å². The van der Waals surface area contributed by atoms with E-state index in [-0.39, 0.29) is 5.56 Å². The van der Waals surface area contributed by atoms with Crippen molar-refractivity contribution in [2.75, 3.05) is 12.4 Å². The van der Waals surface area contributed by atoms with E-state index in [4.69, 9.17) is 4.74 Å². The number of rotatable bonds is 6. The summed E-state index contributed by atoms with van der Waals surface area (Å²) in [5.41, 5.74) is 0.0225. The second kappa shape index (κ2) is 6.98. The van der Waals surface area contributed by atoms with Gasteiger partial charge in [0, 0.05) is 12.8 Å². The first-order chi connectivity index (χ1) is 10.8. The maximum Gasteiger partial charge on any atom is 0.262 e. The summed E-state index contributed by atoms with van der Waals surface area (Å²) < 4.78 is 7.28. The van der Waals surface area contributed by atoms with E-state index in [9.17, 15) is 4.79 Å². The second-order valence-electron chi connectivity index (χ2n) is 4.76. The van der Waals surface area contributed by atoms with Crippen LogP contribution >= 0.6 is 23.1 Å². The number of fused-ring (bicyclic) bond motifs is 1. The number of ether oxygens (including phenoxy) is 1. The Kier molecular flexibility index (Phi) is 4.80. The molecule has 0 saturated carbocycles. The van der Waals surface area contributed by atoms with Crippen molar-refractivity contribution >= 4 is 33.3 Å². The van der Waals surface area contributed by atoms with Crippen LogP contribution in [-0.4, -0.2) is 21.9 Å². The molecule has 3 rings (SSSR count). The average molecular weight is 332 g/mol. The summed E-state index contributed by atoms with van der Waals surface area (Å²) in [5.74, 6) is 1.75. The van der Waals surface area contributed by atoms with Crippen molar-refractivity contribution in [3.05, 3.63) is 52.1 Å². The topological polar surface area (TPSA) is 44.1 Å². The third-order valence-electron chi connectivity index (χ3n) is 3.20. The fourth-order valence-electron chi connectivity index (χ4n) is 2.04. The Bertz CT molecular complexity index is 812. The number of nitrogens with zero attached hydrogens (tertiary/aromatic N) is 2. The van der Waals surface area contributed by atoms with Crippen molar-refractivity contribution in [1.29, 1.82) is 0 Å². The molecule has 0 amide bonds. The Morgan fingerprint density at radius 3 is 2.91 bits per heavy atom. The van der Waals surface area contributed by atoms with Crippen LogP contribution in [0, 0.1) is 0 Å². The molecule has 0 aliphatic carbocycles. The molecular weight excluding hydrogens is 316 g/mol. The zero-order chi connectivity index (χ0) is 15.4. The molecule has 3 aromatic rings. The molecule has 1 aromatic carbocycles. The van der Waals surface area contributed by atoms with Gasteiger partial charge in [0.25, 0.3) is 5.56 Å². The van der Waals surface area contributed by atoms with Gasteiger partial charge in [-0.1, -0.05) is 30.0 Å². The Morgan fingerprint density at radius 1 is 1.27 bits per heavy atom. The van der Waals surface area contributed by atoms with E-state index >= 15 is 0 Å². The zero-order valence-electron chi connectivity index (χ0n) is 12.2. The highest BCUT2D eigenvalue weighted by Crippen LogP contribution is 2.21. The van der Waals surface area contributed by atoms with Gasteiger partial charge in [-0.05, 0) is 30.0 Å². The summed E-state index contributed by atoms with van der Waals surface area (Å²) in [4.78, 5) is 17.5. The third kappa shape index (κ3) is 3.34. The minimum absolute atomic E-state index is 0.0225. The molecule has 2 aromatic heterocycles. The normalized spacial score (nSPS) is 11.0. The predicted octanol–water partition coefficient (Wildman–Crippen LogP) is 3.56. The number of hydrogen-bond acceptors (Lipinski definition) is 5. The quantitative estimate of drug-likeness (QED) is 0.393. The first kappa shape index (κ1) is 15.1. The Morgan fingerprint density at radius 2 is 2.09 bits per heavy atom. The van der Waals surface area contributed by atoms with Crippen LogP contribution in [0.25, 0.3) is 10.2 Å². The van der Waals surface area contributed by atoms with E-state index in [2.05, 4.69) is 4.98 Å². The minimum Gasteiger partial charge on any atom is -0.494 e. The lowest BCUT2D eigenvalue weighted by molar-refractivity contribution is 0.318. The first-order valence-corrected chi connectivity index (χ1v) is 8.87. The lowest BCUT2D eigenvalue weighted by Gasteiger charge is -2.08. The van der Waals surface area contributed by atoms with Gasteiger partial charge in [-0.15, -0.1) is 11.3 Å². The van der Waals surface area contributed by atoms with Crippen LogP contribution in [0.4, 0.5) is 0 Å². The van der Waals surface area contributed by atoms with Crippen molar-refractivity contribution in [3.8, 4) is 5.75 Å². The maximum atomic E-state index is 12.2. The van der Waals surface area contributed by atoms with Crippen LogP contribution < -0.4 is 10.3 Å². The van der Waals surface area contributed by atoms with Crippen molar-refractivity contribution in [2.24, 2.45) is 7.05 Å². The van der Waals surface area contributed by atoms with Crippen molar-refractivity contribution in [2.45, 2.75) is 11.6 Å². The summed E-state index contributed by atoms with van der Waals surface area (Å²) in [6, 6.07) is 11.6. The van der Waals surface area contributed by atoms with Gasteiger partial charge in [0.15, 0.2) is 5.16 Å². The Balaban J connectivity index is 1.56. The fraction of sp³-hybridized carbons (Fsp3) is 0.250. The molecule has 0 N–H and O–H groups in total. The lowest BCUT2D eigenvalue weighted by atomic mass is 10.3. The van der Waals surface area contributed by atoms with E-state index in [1.54, 1.807) is 23.4 Å². The van der Waals surface area contributed by atoms with Gasteiger partial charge in [-0.3, -0.25) is 9.36 Å². The zero-order valence-corrected chi connectivity index (χ0v) is 13.8. The first-order valence-electron chi connectivity index (χ1n) is 7.00. The molecule has 0 radical (unpaired) electrons. The van der Waals surface area contributed by atoms with Gasteiger partial charge in [0.05, 0.1) is 12.0 Å². The number of thioether (sulfide) groups is 1. The molecule has 0 bridgehead atoms. The van der Waals surface area contributed by atoms with Crippen molar-refractivity contribution in [3.63, 3.8) is 0 Å². The standard InChI is InChI=1S/C16H16N2O2S2/c1-18-15(19)13-8-11-21-14(13)17-16(18)22-10-5-9-20-12-6-3-2-4-7-12/h2-4,6-8,11H,5,9-10H2,1H3. The monoisotopic (exact) mass is 332 g/mol. The summed E-state index contributed by atoms with van der Waals surface area (Å²) >= 11 is 3.10. The number of para-hydroxylation sites is 1. The van der Waals surface area contributed by atoms with Crippen LogP contribution in [0.2, 0.25) is 0 Å². The highest BCUT2D eigenvalue weighted by atomic mass is 32.2. The number of benzene rings is 1. The van der Waals surface area contributed by atoms with Crippen molar-refractivity contribution < 1.29 is 4.74 Å². The average Bonchev–Trinajstić information content (AvgIpc) is 3.01. The number of thiophene rings is 1. The summed E-state index contributed by atoms with van der Waals surface area (Å²) in [6.45, 7) is 0.659. The molecule has 0 fully saturated rings. The summed E-state index contributed by atoms with van der Waals surface area (Å²) in [7, 11) is 1.77. The van der Waals surface area contributed by atoms with E-state index in [0.29, 0.717) is 12.0 Å². The Labute approximate surface area is 136 Å². The molecular formula is C16H16N2O2S2. The molecule has 0 spiro atoms. The maximum absolute atomic E-state index is 12.2. The second-order valence-corrected chi connectivity index (χ2v) is 6.72. The molecule has 22 heavy (non-hydrogen) atoms. The van der Waals surface area contributed by atoms with E-state index in [1.807, 2.05) is 41.8 Å². The van der Waals surface area contributed by atoms with Gasteiger partial charge in [-0.2, -0.15) is 0 Å². The third-order valence-corrected chi connectivity index (χ3v) is 5.12. The molecule has 2 heterocycles. The SMILES string of the molecule is Cn1c(SCCCOc2ccccc2)nc2sccc2c1=O. The largest absolute Gasteiger partial charge is 0.494 e. The van der Waals surface area contributed by atoms with Gasteiger partial charge in [0.1, 0.15) is 10.6 Å². The lowest BCUT2D eigenvalue weighted by Crippen LogP contribution is -2.19. The van der Waals surface area contributed by atoms with Crippen LogP contribution in [0.1, 0.15) is 6.42 Å². The van der Waals surface area contributed by atoms with E-state index < -0.39 is 0 Å². The van der Waals surface area contributed by atoms with Crippen LogP contribution in [0.15, 0.2) is 51.7 Å². The highest BCUT2D eigenvalue weighted by Gasteiger charge is 2.09. The van der Waals surface area contributed by atoms with Crippen LogP contribution in [0.5, 0.6) is 5.75 Å². The van der Waals surface area contributed by atoms with E-state index in [0.717, 1.165) is 27.9 Å². The van der Waals surface area contributed by atoms with Crippen LogP contribution in [0.3, 0.4) is 0 Å². The molecule has 0 unspecified atom stereocenters. The predicted molar refractivity (Wildman–Crippen MR) is 92.1 cm³/mol. The van der Waals surface area contributed by atoms with Gasteiger partial charge in [-0.25, -0.2) is 4.98 Å². The number of hydrogen-bond donors (Lipinski definition) is 0. The minimum atomic E-state index is 0.0225. The van der Waals surface area contributed by atoms with Gasteiger partial charge in [0.2, 0.25) is 0 Å². The molecule has 0 aliphatic rings. The van der Waals surface area contributed by atoms with Gasteiger partial charge >= 0.3 is 0 Å². The number of aromatic nitrogens is 2. The molecule has 6 heteroatoms. The molecule has 0 saturated heterocycles. The fourth-order valence-corrected chi connectivity index (χ4v) is 3.73. The molecule has 4 nitrogen and oxygen atoms in total. The molecule has 114 valence electrons. The van der Waals surface area contributed by atoms with Crippen LogP contribution in [-0.2, 0) is 7.05 Å².